The van der Waals surface area contributed by atoms with Crippen molar-refractivity contribution in [3.05, 3.63) is 65.4 Å². The van der Waals surface area contributed by atoms with Gasteiger partial charge in [-0.05, 0) is 35.7 Å². The second-order valence-corrected chi connectivity index (χ2v) is 5.53. The van der Waals surface area contributed by atoms with Crippen LogP contribution in [-0.4, -0.2) is 11.0 Å². The van der Waals surface area contributed by atoms with E-state index in [-0.39, 0.29) is 18.9 Å². The van der Waals surface area contributed by atoms with Gasteiger partial charge in [0.2, 0.25) is 5.91 Å². The number of carbonyl (C=O) groups is 1. The van der Waals surface area contributed by atoms with Crippen molar-refractivity contribution in [2.45, 2.75) is 26.4 Å². The summed E-state index contributed by atoms with van der Waals surface area (Å²) >= 11 is 0. The summed E-state index contributed by atoms with van der Waals surface area (Å²) in [6.45, 7) is 2.05. The number of hydrogen-bond acceptors (Lipinski definition) is 3. The van der Waals surface area contributed by atoms with Crippen LogP contribution in [0, 0.1) is 0 Å². The molecule has 0 saturated carbocycles. The molecule has 4 nitrogen and oxygen atoms in total. The van der Waals surface area contributed by atoms with Crippen molar-refractivity contribution < 1.29 is 14.3 Å². The van der Waals surface area contributed by atoms with Gasteiger partial charge in [0.25, 0.3) is 0 Å². The lowest BCUT2D eigenvalue weighted by molar-refractivity contribution is -0.115. The average Bonchev–Trinajstić information content (AvgIpc) is 2.97. The van der Waals surface area contributed by atoms with Crippen LogP contribution >= 0.6 is 0 Å². The first-order valence-electron chi connectivity index (χ1n) is 7.68. The van der Waals surface area contributed by atoms with Gasteiger partial charge in [0, 0.05) is 16.6 Å². The zero-order valence-corrected chi connectivity index (χ0v) is 13.0. The Hall–Kier alpha value is -2.59. The van der Waals surface area contributed by atoms with E-state index in [9.17, 15) is 4.79 Å². The summed E-state index contributed by atoms with van der Waals surface area (Å²) in [5, 5.41) is 13.0. The van der Waals surface area contributed by atoms with Gasteiger partial charge in [0.1, 0.15) is 5.58 Å². The van der Waals surface area contributed by atoms with Crippen LogP contribution in [0.25, 0.3) is 11.0 Å². The van der Waals surface area contributed by atoms with Crippen molar-refractivity contribution in [2.24, 2.45) is 0 Å². The fourth-order valence-electron chi connectivity index (χ4n) is 2.61. The van der Waals surface area contributed by atoms with Crippen LogP contribution in [0.1, 0.15) is 23.6 Å². The molecule has 2 N–H and O–H groups in total. The summed E-state index contributed by atoms with van der Waals surface area (Å²) in [4.78, 5) is 12.2. The maximum Gasteiger partial charge on any atom is 0.228 e. The molecule has 4 heteroatoms. The Morgan fingerprint density at radius 2 is 2.04 bits per heavy atom. The maximum absolute atomic E-state index is 12.2. The van der Waals surface area contributed by atoms with E-state index in [0.717, 1.165) is 28.5 Å². The SMILES string of the molecule is CCc1ccc2c(CC(=O)Nc3cccc(CO)c3)coc2c1. The molecule has 0 fully saturated rings. The molecule has 0 spiro atoms. The first-order chi connectivity index (χ1) is 11.2. The van der Waals surface area contributed by atoms with Gasteiger partial charge in [-0.15, -0.1) is 0 Å². The average molecular weight is 309 g/mol. The number of aliphatic hydroxyl groups excluding tert-OH is 1. The number of aliphatic hydroxyl groups is 1. The highest BCUT2D eigenvalue weighted by molar-refractivity contribution is 5.95. The van der Waals surface area contributed by atoms with Crippen molar-refractivity contribution in [1.29, 1.82) is 0 Å². The van der Waals surface area contributed by atoms with Gasteiger partial charge < -0.3 is 14.8 Å². The van der Waals surface area contributed by atoms with Crippen molar-refractivity contribution in [3.63, 3.8) is 0 Å². The molecular weight excluding hydrogens is 290 g/mol. The number of amides is 1. The molecular formula is C19H19NO3. The zero-order valence-electron chi connectivity index (χ0n) is 13.0. The van der Waals surface area contributed by atoms with E-state index in [0.29, 0.717) is 5.69 Å². The number of benzene rings is 2. The Morgan fingerprint density at radius 1 is 1.17 bits per heavy atom. The minimum Gasteiger partial charge on any atom is -0.464 e. The highest BCUT2D eigenvalue weighted by Crippen LogP contribution is 2.23. The van der Waals surface area contributed by atoms with Crippen LogP contribution in [0.15, 0.2) is 53.1 Å². The smallest absolute Gasteiger partial charge is 0.228 e. The molecule has 1 aromatic heterocycles. The number of hydrogen-bond donors (Lipinski definition) is 2. The lowest BCUT2D eigenvalue weighted by atomic mass is 10.1. The molecule has 0 atom stereocenters. The van der Waals surface area contributed by atoms with Crippen molar-refractivity contribution in [1.82, 2.24) is 0 Å². The van der Waals surface area contributed by atoms with Crippen LogP contribution in [0.2, 0.25) is 0 Å². The predicted molar refractivity (Wildman–Crippen MR) is 90.3 cm³/mol. The van der Waals surface area contributed by atoms with Gasteiger partial charge in [0.05, 0.1) is 19.3 Å². The molecule has 0 unspecified atom stereocenters. The molecule has 0 saturated heterocycles. The number of anilines is 1. The minimum absolute atomic E-state index is 0.0458. The zero-order chi connectivity index (χ0) is 16.2. The third kappa shape index (κ3) is 3.43. The second-order valence-electron chi connectivity index (χ2n) is 5.53. The Labute approximate surface area is 134 Å². The third-order valence-electron chi connectivity index (χ3n) is 3.87. The van der Waals surface area contributed by atoms with E-state index < -0.39 is 0 Å². The van der Waals surface area contributed by atoms with Crippen molar-refractivity contribution in [3.8, 4) is 0 Å². The minimum atomic E-state index is -0.109. The van der Waals surface area contributed by atoms with Crippen LogP contribution in [0.4, 0.5) is 5.69 Å². The molecule has 3 aromatic rings. The topological polar surface area (TPSA) is 62.5 Å². The standard InChI is InChI=1S/C19H19NO3/c1-2-13-6-7-17-15(12-23-18(17)9-13)10-19(22)20-16-5-3-4-14(8-16)11-21/h3-9,12,21H,2,10-11H2,1H3,(H,20,22). The van der Waals surface area contributed by atoms with Gasteiger partial charge in [-0.3, -0.25) is 4.79 Å². The van der Waals surface area contributed by atoms with E-state index in [1.807, 2.05) is 18.2 Å². The summed E-state index contributed by atoms with van der Waals surface area (Å²) in [5.41, 5.74) is 4.35. The molecule has 1 amide bonds. The Kier molecular flexibility index (Phi) is 4.44. The fourth-order valence-corrected chi connectivity index (χ4v) is 2.61. The van der Waals surface area contributed by atoms with Gasteiger partial charge >= 0.3 is 0 Å². The number of nitrogens with one attached hydrogen (secondary N) is 1. The predicted octanol–water partition coefficient (Wildman–Crippen LogP) is 3.67. The molecule has 0 radical (unpaired) electrons. The van der Waals surface area contributed by atoms with E-state index in [1.54, 1.807) is 24.5 Å². The number of fused-ring (bicyclic) bond motifs is 1. The number of carbonyl (C=O) groups excluding carboxylic acids is 1. The van der Waals surface area contributed by atoms with E-state index in [4.69, 9.17) is 9.52 Å². The summed E-state index contributed by atoms with van der Waals surface area (Å²) < 4.78 is 5.57. The Balaban J connectivity index is 1.75. The van der Waals surface area contributed by atoms with E-state index in [1.165, 1.54) is 5.56 Å². The summed E-state index contributed by atoms with van der Waals surface area (Å²) in [5.74, 6) is -0.109. The van der Waals surface area contributed by atoms with E-state index >= 15 is 0 Å². The van der Waals surface area contributed by atoms with Crippen molar-refractivity contribution >= 4 is 22.6 Å². The molecule has 0 bridgehead atoms. The number of rotatable bonds is 5. The second kappa shape index (κ2) is 6.67. The lowest BCUT2D eigenvalue weighted by Crippen LogP contribution is -2.14. The molecule has 23 heavy (non-hydrogen) atoms. The van der Waals surface area contributed by atoms with Gasteiger partial charge in [-0.1, -0.05) is 31.2 Å². The normalized spacial score (nSPS) is 10.9. The van der Waals surface area contributed by atoms with Crippen LogP contribution in [0.3, 0.4) is 0 Å². The first-order valence-corrected chi connectivity index (χ1v) is 7.68. The summed E-state index contributed by atoms with van der Waals surface area (Å²) in [6.07, 6.45) is 2.85. The number of aryl methyl sites for hydroxylation is 1. The highest BCUT2D eigenvalue weighted by Gasteiger charge is 2.11. The molecule has 0 aliphatic heterocycles. The Morgan fingerprint density at radius 3 is 2.83 bits per heavy atom. The quantitative estimate of drug-likeness (QED) is 0.756. The van der Waals surface area contributed by atoms with Gasteiger partial charge in [-0.2, -0.15) is 0 Å². The summed E-state index contributed by atoms with van der Waals surface area (Å²) in [6, 6.07) is 13.3. The Bertz CT molecular complexity index is 836. The third-order valence-corrected chi connectivity index (χ3v) is 3.87. The van der Waals surface area contributed by atoms with Crippen LogP contribution in [0.5, 0.6) is 0 Å². The van der Waals surface area contributed by atoms with Gasteiger partial charge in [0.15, 0.2) is 0 Å². The van der Waals surface area contributed by atoms with Crippen molar-refractivity contribution in [2.75, 3.05) is 5.32 Å². The molecule has 0 aliphatic rings. The lowest BCUT2D eigenvalue weighted by Gasteiger charge is -2.06. The largest absolute Gasteiger partial charge is 0.464 e. The van der Waals surface area contributed by atoms with Gasteiger partial charge in [-0.25, -0.2) is 0 Å². The summed E-state index contributed by atoms with van der Waals surface area (Å²) in [7, 11) is 0. The monoisotopic (exact) mass is 309 g/mol. The van der Waals surface area contributed by atoms with Crippen LogP contribution < -0.4 is 5.32 Å². The molecule has 2 aromatic carbocycles. The maximum atomic E-state index is 12.2. The molecule has 0 aliphatic carbocycles. The molecule has 1 heterocycles. The number of furan rings is 1. The molecule has 3 rings (SSSR count). The van der Waals surface area contributed by atoms with Crippen LogP contribution in [-0.2, 0) is 24.2 Å². The highest BCUT2D eigenvalue weighted by atomic mass is 16.3. The van der Waals surface area contributed by atoms with E-state index in [2.05, 4.69) is 18.3 Å². The fraction of sp³-hybridized carbons (Fsp3) is 0.211. The molecule has 118 valence electrons. The first kappa shape index (κ1) is 15.3.